The number of cyclic esters (lactones) is 2. The molecule has 0 spiro atoms. The average molecular weight is 180 g/mol. The van der Waals surface area contributed by atoms with Crippen molar-refractivity contribution in [2.24, 2.45) is 5.92 Å². The molecule has 0 aromatic rings. The number of carbonyl (C=O) groups is 2. The molecule has 13 heavy (non-hydrogen) atoms. The largest absolute Gasteiger partial charge is 0.393 e. The van der Waals surface area contributed by atoms with E-state index >= 15 is 0 Å². The first-order valence-electron chi connectivity index (χ1n) is 4.39. The molecule has 1 saturated heterocycles. The Labute approximate surface area is 77.5 Å². The third-order valence-electron chi connectivity index (χ3n) is 2.07. The molecule has 0 atom stereocenters. The Morgan fingerprint density at radius 3 is 2.54 bits per heavy atom. The van der Waals surface area contributed by atoms with Crippen LogP contribution in [0.1, 0.15) is 32.1 Å². The number of unbranched alkanes of at least 4 members (excludes halogenated alkanes) is 1. The number of hydrogen-bond donors (Lipinski definition) is 0. The van der Waals surface area contributed by atoms with Gasteiger partial charge in [-0.05, 0) is 18.8 Å². The number of hydrogen-bond acceptors (Lipinski definition) is 3. The molecule has 3 nitrogen and oxygen atoms in total. The summed E-state index contributed by atoms with van der Waals surface area (Å²) in [6.45, 7) is 0. The first-order valence-corrected chi connectivity index (χ1v) is 4.39. The third kappa shape index (κ3) is 3.29. The van der Waals surface area contributed by atoms with Gasteiger partial charge in [0.1, 0.15) is 0 Å². The van der Waals surface area contributed by atoms with Crippen molar-refractivity contribution in [1.82, 2.24) is 0 Å². The smallest absolute Gasteiger partial charge is 0.313 e. The van der Waals surface area contributed by atoms with E-state index in [4.69, 9.17) is 6.42 Å². The molecule has 1 rings (SSSR count). The summed E-state index contributed by atoms with van der Waals surface area (Å²) in [7, 11) is 0. The van der Waals surface area contributed by atoms with Gasteiger partial charge in [0.15, 0.2) is 0 Å². The molecular weight excluding hydrogens is 168 g/mol. The van der Waals surface area contributed by atoms with Gasteiger partial charge in [0.05, 0.1) is 0 Å². The van der Waals surface area contributed by atoms with Gasteiger partial charge in [0, 0.05) is 19.3 Å². The van der Waals surface area contributed by atoms with E-state index in [1.165, 1.54) is 0 Å². The Bertz CT molecular complexity index is 233. The first-order chi connectivity index (χ1) is 6.22. The number of carbonyl (C=O) groups excluding carboxylic acids is 2. The molecule has 1 aliphatic heterocycles. The van der Waals surface area contributed by atoms with E-state index in [1.54, 1.807) is 0 Å². The van der Waals surface area contributed by atoms with Gasteiger partial charge in [0.25, 0.3) is 0 Å². The second kappa shape index (κ2) is 4.66. The maximum absolute atomic E-state index is 10.8. The zero-order valence-electron chi connectivity index (χ0n) is 7.41. The Hall–Kier alpha value is -1.30. The fourth-order valence-corrected chi connectivity index (χ4v) is 1.45. The lowest BCUT2D eigenvalue weighted by Gasteiger charge is -2.18. The Balaban J connectivity index is 2.30. The highest BCUT2D eigenvalue weighted by Crippen LogP contribution is 2.22. The topological polar surface area (TPSA) is 43.4 Å². The van der Waals surface area contributed by atoms with E-state index in [1.807, 2.05) is 0 Å². The van der Waals surface area contributed by atoms with Gasteiger partial charge >= 0.3 is 11.9 Å². The number of esters is 2. The van der Waals surface area contributed by atoms with E-state index in [2.05, 4.69) is 10.7 Å². The molecule has 0 aromatic carbocycles. The SMILES string of the molecule is C#CCCCC1CC(=O)OC(=O)C1. The van der Waals surface area contributed by atoms with Crippen LogP contribution in [0.25, 0.3) is 0 Å². The van der Waals surface area contributed by atoms with Gasteiger partial charge in [-0.15, -0.1) is 12.3 Å². The van der Waals surface area contributed by atoms with Gasteiger partial charge in [-0.25, -0.2) is 0 Å². The Morgan fingerprint density at radius 2 is 2.00 bits per heavy atom. The summed E-state index contributed by atoms with van der Waals surface area (Å²) in [5, 5.41) is 0. The van der Waals surface area contributed by atoms with Crippen LogP contribution in [0.15, 0.2) is 0 Å². The molecule has 1 heterocycles. The molecule has 3 heteroatoms. The molecule has 1 fully saturated rings. The standard InChI is InChI=1S/C10H12O3/c1-2-3-4-5-8-6-9(11)13-10(12)7-8/h1,8H,3-7H2. The molecule has 0 bridgehead atoms. The lowest BCUT2D eigenvalue weighted by molar-refractivity contribution is -0.165. The average Bonchev–Trinajstić information content (AvgIpc) is 2.03. The van der Waals surface area contributed by atoms with Crippen molar-refractivity contribution in [3.8, 4) is 12.3 Å². The van der Waals surface area contributed by atoms with Crippen LogP contribution >= 0.6 is 0 Å². The summed E-state index contributed by atoms with van der Waals surface area (Å²) < 4.78 is 4.40. The van der Waals surface area contributed by atoms with Crippen molar-refractivity contribution >= 4 is 11.9 Å². The fraction of sp³-hybridized carbons (Fsp3) is 0.600. The molecule has 70 valence electrons. The van der Waals surface area contributed by atoms with Gasteiger partial charge < -0.3 is 4.74 Å². The monoisotopic (exact) mass is 180 g/mol. The third-order valence-corrected chi connectivity index (χ3v) is 2.07. The molecule has 0 unspecified atom stereocenters. The molecule has 0 aliphatic carbocycles. The van der Waals surface area contributed by atoms with Gasteiger partial charge in [-0.1, -0.05) is 0 Å². The number of ether oxygens (including phenoxy) is 1. The zero-order chi connectivity index (χ0) is 9.68. The van der Waals surface area contributed by atoms with Gasteiger partial charge in [0.2, 0.25) is 0 Å². The molecule has 0 N–H and O–H groups in total. The quantitative estimate of drug-likeness (QED) is 0.284. The van der Waals surface area contributed by atoms with Crippen LogP contribution in [0.5, 0.6) is 0 Å². The molecule has 0 aromatic heterocycles. The van der Waals surface area contributed by atoms with E-state index in [0.29, 0.717) is 19.3 Å². The maximum atomic E-state index is 10.8. The zero-order valence-corrected chi connectivity index (χ0v) is 7.41. The lowest BCUT2D eigenvalue weighted by Crippen LogP contribution is -2.25. The van der Waals surface area contributed by atoms with E-state index in [0.717, 1.165) is 12.8 Å². The van der Waals surface area contributed by atoms with Crippen LogP contribution in [0.3, 0.4) is 0 Å². The minimum atomic E-state index is -0.401. The van der Waals surface area contributed by atoms with Crippen molar-refractivity contribution in [1.29, 1.82) is 0 Å². The van der Waals surface area contributed by atoms with Crippen molar-refractivity contribution in [2.75, 3.05) is 0 Å². The summed E-state index contributed by atoms with van der Waals surface area (Å²) in [4.78, 5) is 21.7. The summed E-state index contributed by atoms with van der Waals surface area (Å²) in [5.41, 5.74) is 0. The van der Waals surface area contributed by atoms with Crippen molar-refractivity contribution < 1.29 is 14.3 Å². The van der Waals surface area contributed by atoms with Crippen molar-refractivity contribution in [3.63, 3.8) is 0 Å². The molecular formula is C10H12O3. The molecule has 1 aliphatic rings. The van der Waals surface area contributed by atoms with E-state index in [-0.39, 0.29) is 5.92 Å². The second-order valence-electron chi connectivity index (χ2n) is 3.22. The molecule has 0 radical (unpaired) electrons. The van der Waals surface area contributed by atoms with E-state index in [9.17, 15) is 9.59 Å². The predicted molar refractivity (Wildman–Crippen MR) is 46.5 cm³/mol. The highest BCUT2D eigenvalue weighted by atomic mass is 16.6. The summed E-state index contributed by atoms with van der Waals surface area (Å²) in [6.07, 6.45) is 8.23. The van der Waals surface area contributed by atoms with Crippen LogP contribution in [-0.2, 0) is 14.3 Å². The highest BCUT2D eigenvalue weighted by molar-refractivity contribution is 5.88. The minimum absolute atomic E-state index is 0.141. The van der Waals surface area contributed by atoms with E-state index < -0.39 is 11.9 Å². The number of terminal acetylenes is 1. The maximum Gasteiger partial charge on any atom is 0.313 e. The molecule has 0 saturated carbocycles. The second-order valence-corrected chi connectivity index (χ2v) is 3.22. The molecule has 0 amide bonds. The van der Waals surface area contributed by atoms with Crippen molar-refractivity contribution in [3.05, 3.63) is 0 Å². The fourth-order valence-electron chi connectivity index (χ4n) is 1.45. The van der Waals surface area contributed by atoms with Crippen LogP contribution < -0.4 is 0 Å². The summed E-state index contributed by atoms with van der Waals surface area (Å²) >= 11 is 0. The van der Waals surface area contributed by atoms with Gasteiger partial charge in [-0.3, -0.25) is 9.59 Å². The van der Waals surface area contributed by atoms with Crippen LogP contribution in [-0.4, -0.2) is 11.9 Å². The van der Waals surface area contributed by atoms with Crippen LogP contribution in [0, 0.1) is 18.3 Å². The highest BCUT2D eigenvalue weighted by Gasteiger charge is 2.26. The predicted octanol–water partition coefficient (Wildman–Crippen LogP) is 1.27. The van der Waals surface area contributed by atoms with Crippen LogP contribution in [0.4, 0.5) is 0 Å². The Kier molecular flexibility index (Phi) is 3.51. The summed E-state index contributed by atoms with van der Waals surface area (Å²) in [5.74, 6) is 1.87. The minimum Gasteiger partial charge on any atom is -0.393 e. The van der Waals surface area contributed by atoms with Gasteiger partial charge in [-0.2, -0.15) is 0 Å². The first kappa shape index (κ1) is 9.79. The normalized spacial score (nSPS) is 18.1. The van der Waals surface area contributed by atoms with Crippen molar-refractivity contribution in [2.45, 2.75) is 32.1 Å². The Morgan fingerprint density at radius 1 is 1.38 bits per heavy atom. The number of rotatable bonds is 3. The lowest BCUT2D eigenvalue weighted by atomic mass is 9.93. The summed E-state index contributed by atoms with van der Waals surface area (Å²) in [6, 6.07) is 0. The van der Waals surface area contributed by atoms with Crippen LogP contribution in [0.2, 0.25) is 0 Å².